The summed E-state index contributed by atoms with van der Waals surface area (Å²) in [7, 11) is 5.39. The summed E-state index contributed by atoms with van der Waals surface area (Å²) in [6, 6.07) is -0.729. The SMILES string of the molecule is CC/C=C/C/C=C/C/C=C/C/C=C/CCCCCCCCCCCCC(=O)OCC(COCCC(C(=O)[O-])[N+](C)(C)C)OC(=O)CCCCCC/C=C/CCCC. The van der Waals surface area contributed by atoms with E-state index < -0.39 is 18.1 Å². The minimum Gasteiger partial charge on any atom is -0.544 e. The van der Waals surface area contributed by atoms with Crippen LogP contribution in [0.2, 0.25) is 0 Å². The third-order valence-corrected chi connectivity index (χ3v) is 9.89. The van der Waals surface area contributed by atoms with Crippen LogP contribution in [-0.4, -0.2) is 75.5 Å². The second-order valence-electron chi connectivity index (χ2n) is 16.3. The number of allylic oxidation sites excluding steroid dienone is 10. The van der Waals surface area contributed by atoms with Crippen LogP contribution in [0, 0.1) is 0 Å². The first kappa shape index (κ1) is 54.0. The monoisotopic (exact) mass is 800 g/mol. The minimum absolute atomic E-state index is 0.0333. The molecule has 2 atom stereocenters. The number of hydrogen-bond acceptors (Lipinski definition) is 7. The third-order valence-electron chi connectivity index (χ3n) is 9.89. The topological polar surface area (TPSA) is 102 Å². The highest BCUT2D eigenvalue weighted by Crippen LogP contribution is 2.14. The number of hydrogen-bond donors (Lipinski definition) is 0. The predicted molar refractivity (Wildman–Crippen MR) is 236 cm³/mol. The van der Waals surface area contributed by atoms with E-state index >= 15 is 0 Å². The first-order valence-electron chi connectivity index (χ1n) is 22.8. The summed E-state index contributed by atoms with van der Waals surface area (Å²) < 4.78 is 17.1. The van der Waals surface area contributed by atoms with E-state index in [9.17, 15) is 19.5 Å². The van der Waals surface area contributed by atoms with Gasteiger partial charge in [0.15, 0.2) is 6.10 Å². The van der Waals surface area contributed by atoms with Gasteiger partial charge in [-0.3, -0.25) is 9.59 Å². The molecule has 0 aromatic carbocycles. The number of carboxylic acid groups (broad SMARTS) is 1. The Hall–Kier alpha value is -2.97. The molecule has 0 aliphatic carbocycles. The first-order valence-corrected chi connectivity index (χ1v) is 22.8. The van der Waals surface area contributed by atoms with Crippen molar-refractivity contribution >= 4 is 17.9 Å². The predicted octanol–water partition coefficient (Wildman–Crippen LogP) is 11.2. The molecule has 0 aliphatic rings. The number of nitrogens with zero attached hydrogens (tertiary/aromatic N) is 1. The van der Waals surface area contributed by atoms with Crippen molar-refractivity contribution in [1.82, 2.24) is 0 Å². The van der Waals surface area contributed by atoms with Gasteiger partial charge in [-0.25, -0.2) is 0 Å². The molecule has 0 bridgehead atoms. The fourth-order valence-corrected chi connectivity index (χ4v) is 6.34. The smallest absolute Gasteiger partial charge is 0.306 e. The number of likely N-dealkylation sites (N-methyl/N-ethyl adjacent to an activating group) is 1. The summed E-state index contributed by atoms with van der Waals surface area (Å²) in [5.41, 5.74) is 0. The molecule has 0 aromatic heterocycles. The molecule has 0 aliphatic heterocycles. The van der Waals surface area contributed by atoms with Gasteiger partial charge in [0.05, 0.1) is 40.3 Å². The molecular formula is C49H85NO7. The quantitative estimate of drug-likeness (QED) is 0.0263. The van der Waals surface area contributed by atoms with Gasteiger partial charge in [0.1, 0.15) is 12.6 Å². The van der Waals surface area contributed by atoms with Gasteiger partial charge in [0.2, 0.25) is 0 Å². The molecule has 0 fully saturated rings. The Kier molecular flexibility index (Phi) is 37.8. The number of carbonyl (C=O) groups is 3. The number of carboxylic acids is 1. The van der Waals surface area contributed by atoms with Crippen molar-refractivity contribution in [1.29, 1.82) is 0 Å². The average molecular weight is 800 g/mol. The molecule has 0 spiro atoms. The number of rotatable bonds is 40. The molecule has 0 saturated carbocycles. The highest BCUT2D eigenvalue weighted by Gasteiger charge is 2.25. The van der Waals surface area contributed by atoms with Crippen LogP contribution in [0.25, 0.3) is 0 Å². The molecule has 0 saturated heterocycles. The zero-order chi connectivity index (χ0) is 42.1. The highest BCUT2D eigenvalue weighted by molar-refractivity contribution is 5.70. The Balaban J connectivity index is 4.21. The van der Waals surface area contributed by atoms with E-state index in [1.807, 2.05) is 0 Å². The third kappa shape index (κ3) is 38.3. The van der Waals surface area contributed by atoms with Crippen LogP contribution in [-0.2, 0) is 28.6 Å². The summed E-state index contributed by atoms with van der Waals surface area (Å²) >= 11 is 0. The van der Waals surface area contributed by atoms with E-state index in [0.717, 1.165) is 83.5 Å². The number of unbranched alkanes of at least 4 members (excludes halogenated alkanes) is 16. The second-order valence-corrected chi connectivity index (χ2v) is 16.3. The lowest BCUT2D eigenvalue weighted by atomic mass is 10.1. The Morgan fingerprint density at radius 3 is 1.47 bits per heavy atom. The molecule has 0 radical (unpaired) electrons. The molecule has 8 heteroatoms. The number of quaternary nitrogens is 1. The van der Waals surface area contributed by atoms with E-state index in [1.165, 1.54) is 64.2 Å². The lowest BCUT2D eigenvalue weighted by Crippen LogP contribution is -2.55. The summed E-state index contributed by atoms with van der Waals surface area (Å²) in [6.45, 7) is 4.48. The van der Waals surface area contributed by atoms with Crippen molar-refractivity contribution < 1.29 is 38.2 Å². The first-order chi connectivity index (χ1) is 27.6. The van der Waals surface area contributed by atoms with Crippen LogP contribution in [0.3, 0.4) is 0 Å². The van der Waals surface area contributed by atoms with Crippen molar-refractivity contribution in [3.8, 4) is 0 Å². The van der Waals surface area contributed by atoms with Gasteiger partial charge in [-0.1, -0.05) is 152 Å². The molecule has 0 N–H and O–H groups in total. The number of aliphatic carboxylic acids is 1. The lowest BCUT2D eigenvalue weighted by Gasteiger charge is -2.34. The van der Waals surface area contributed by atoms with E-state index in [-0.39, 0.29) is 42.7 Å². The second kappa shape index (κ2) is 39.8. The standard InChI is InChI=1S/C49H85NO7/c1-6-8-10-12-14-16-18-19-20-21-22-23-24-25-26-27-28-29-30-32-33-35-37-39-47(51)56-44-45(43-55-42-41-46(49(53)54)50(3,4)5)57-48(52)40-38-36-34-31-17-15-13-11-9-7-2/h8,10,13-16,19-20,22-23,45-46H,6-7,9,11-12,17-18,21,24-44H2,1-5H3/b10-8+,15-13+,16-14+,20-19+,23-22+. The van der Waals surface area contributed by atoms with Gasteiger partial charge in [0, 0.05) is 19.3 Å². The Morgan fingerprint density at radius 1 is 0.544 bits per heavy atom. The Morgan fingerprint density at radius 2 is 0.982 bits per heavy atom. The fraction of sp³-hybridized carbons (Fsp3) is 0.735. The van der Waals surface area contributed by atoms with Crippen molar-refractivity contribution in [2.75, 3.05) is 41.0 Å². The van der Waals surface area contributed by atoms with Gasteiger partial charge in [0.25, 0.3) is 0 Å². The summed E-state index contributed by atoms with van der Waals surface area (Å²) in [5, 5.41) is 11.6. The van der Waals surface area contributed by atoms with Crippen LogP contribution < -0.4 is 5.11 Å². The van der Waals surface area contributed by atoms with Crippen LogP contribution in [0.1, 0.15) is 181 Å². The van der Waals surface area contributed by atoms with Crippen molar-refractivity contribution in [3.63, 3.8) is 0 Å². The molecule has 2 unspecified atom stereocenters. The van der Waals surface area contributed by atoms with Gasteiger partial charge in [-0.2, -0.15) is 0 Å². The van der Waals surface area contributed by atoms with Gasteiger partial charge < -0.3 is 28.6 Å². The Bertz CT molecular complexity index is 1120. The zero-order valence-corrected chi connectivity index (χ0v) is 37.2. The maximum absolute atomic E-state index is 12.7. The maximum Gasteiger partial charge on any atom is 0.306 e. The van der Waals surface area contributed by atoms with E-state index in [0.29, 0.717) is 12.8 Å². The zero-order valence-electron chi connectivity index (χ0n) is 37.2. The van der Waals surface area contributed by atoms with Crippen molar-refractivity contribution in [3.05, 3.63) is 60.8 Å². The molecule has 8 nitrogen and oxygen atoms in total. The largest absolute Gasteiger partial charge is 0.544 e. The van der Waals surface area contributed by atoms with E-state index in [4.69, 9.17) is 14.2 Å². The lowest BCUT2D eigenvalue weighted by molar-refractivity contribution is -0.889. The van der Waals surface area contributed by atoms with Crippen LogP contribution in [0.5, 0.6) is 0 Å². The minimum atomic E-state index is -1.13. The molecule has 0 amide bonds. The summed E-state index contributed by atoms with van der Waals surface area (Å²) in [4.78, 5) is 36.8. The summed E-state index contributed by atoms with van der Waals surface area (Å²) in [5.74, 6) is -1.76. The number of ether oxygens (including phenoxy) is 3. The van der Waals surface area contributed by atoms with E-state index in [2.05, 4.69) is 74.6 Å². The average Bonchev–Trinajstić information content (AvgIpc) is 3.17. The van der Waals surface area contributed by atoms with Crippen molar-refractivity contribution in [2.45, 2.75) is 193 Å². The fourth-order valence-electron chi connectivity index (χ4n) is 6.34. The van der Waals surface area contributed by atoms with E-state index in [1.54, 1.807) is 21.1 Å². The van der Waals surface area contributed by atoms with Crippen LogP contribution in [0.4, 0.5) is 0 Å². The molecule has 0 rings (SSSR count). The van der Waals surface area contributed by atoms with Crippen LogP contribution in [0.15, 0.2) is 60.8 Å². The van der Waals surface area contributed by atoms with Gasteiger partial charge in [-0.05, 0) is 70.6 Å². The highest BCUT2D eigenvalue weighted by atomic mass is 16.6. The molecule has 0 heterocycles. The number of carbonyl (C=O) groups excluding carboxylic acids is 3. The molecular weight excluding hydrogens is 715 g/mol. The summed E-state index contributed by atoms with van der Waals surface area (Å²) in [6.07, 6.45) is 48.2. The van der Waals surface area contributed by atoms with Crippen LogP contribution >= 0.6 is 0 Å². The Labute approximate surface area is 349 Å². The molecule has 328 valence electrons. The molecule has 0 aromatic rings. The number of esters is 2. The normalized spacial score (nSPS) is 13.5. The van der Waals surface area contributed by atoms with Crippen molar-refractivity contribution in [2.24, 2.45) is 0 Å². The molecule has 57 heavy (non-hydrogen) atoms. The maximum atomic E-state index is 12.7. The van der Waals surface area contributed by atoms with Gasteiger partial charge in [-0.15, -0.1) is 0 Å². The van der Waals surface area contributed by atoms with Gasteiger partial charge >= 0.3 is 11.9 Å².